The molecule has 5 nitrogen and oxygen atoms in total. The van der Waals surface area contributed by atoms with Crippen molar-refractivity contribution in [2.75, 3.05) is 22.4 Å². The maximum Gasteiger partial charge on any atom is 0.255 e. The molecule has 23 heavy (non-hydrogen) atoms. The first-order valence-electron chi connectivity index (χ1n) is 7.02. The number of rotatable bonds is 3. The summed E-state index contributed by atoms with van der Waals surface area (Å²) in [6.45, 7) is 0.413. The molecule has 2 aromatic carbocycles. The second kappa shape index (κ2) is 5.86. The maximum atomic E-state index is 12.3. The zero-order valence-corrected chi connectivity index (χ0v) is 14.0. The number of carbonyl (C=O) groups is 1. The van der Waals surface area contributed by atoms with Gasteiger partial charge in [0.25, 0.3) is 5.91 Å². The number of carbonyl (C=O) groups excluding carboxylic acids is 1. The van der Waals surface area contributed by atoms with Crippen LogP contribution in [-0.2, 0) is 16.4 Å². The Morgan fingerprint density at radius 1 is 1.17 bits per heavy atom. The third-order valence-electron chi connectivity index (χ3n) is 3.70. The normalized spacial score (nSPS) is 13.7. The molecule has 3 rings (SSSR count). The van der Waals surface area contributed by atoms with E-state index in [1.54, 1.807) is 42.5 Å². The van der Waals surface area contributed by atoms with E-state index in [1.807, 2.05) is 0 Å². The highest BCUT2D eigenvalue weighted by molar-refractivity contribution is 7.92. The quantitative estimate of drug-likeness (QED) is 0.925. The van der Waals surface area contributed by atoms with E-state index in [9.17, 15) is 13.2 Å². The maximum absolute atomic E-state index is 12.3. The van der Waals surface area contributed by atoms with Crippen molar-refractivity contribution in [3.63, 3.8) is 0 Å². The topological polar surface area (TPSA) is 66.5 Å². The Morgan fingerprint density at radius 2 is 1.87 bits per heavy atom. The highest BCUT2D eigenvalue weighted by Crippen LogP contribution is 2.31. The van der Waals surface area contributed by atoms with Gasteiger partial charge in [-0.25, -0.2) is 8.42 Å². The molecule has 0 aromatic heterocycles. The van der Waals surface area contributed by atoms with Crippen molar-refractivity contribution in [2.45, 2.75) is 6.42 Å². The Morgan fingerprint density at radius 3 is 2.52 bits per heavy atom. The van der Waals surface area contributed by atoms with Crippen LogP contribution >= 0.6 is 11.6 Å². The highest BCUT2D eigenvalue weighted by atomic mass is 35.5. The zero-order chi connectivity index (χ0) is 16.6. The second-order valence-electron chi connectivity index (χ2n) is 5.39. The summed E-state index contributed by atoms with van der Waals surface area (Å²) in [5.41, 5.74) is 2.55. The molecule has 0 aliphatic carbocycles. The monoisotopic (exact) mass is 350 g/mol. The van der Waals surface area contributed by atoms with Crippen molar-refractivity contribution in [1.29, 1.82) is 0 Å². The fourth-order valence-electron chi connectivity index (χ4n) is 2.57. The third-order valence-corrected chi connectivity index (χ3v) is 5.13. The van der Waals surface area contributed by atoms with Crippen molar-refractivity contribution in [1.82, 2.24) is 0 Å². The van der Waals surface area contributed by atoms with Crippen LogP contribution in [-0.4, -0.2) is 27.1 Å². The van der Waals surface area contributed by atoms with Gasteiger partial charge in [0.2, 0.25) is 10.0 Å². The number of halogens is 1. The van der Waals surface area contributed by atoms with Crippen LogP contribution in [0.15, 0.2) is 42.5 Å². The number of anilines is 2. The average molecular weight is 351 g/mol. The molecule has 1 N–H and O–H groups in total. The summed E-state index contributed by atoms with van der Waals surface area (Å²) < 4.78 is 25.0. The van der Waals surface area contributed by atoms with Crippen molar-refractivity contribution < 1.29 is 13.2 Å². The van der Waals surface area contributed by atoms with Crippen LogP contribution in [0.5, 0.6) is 0 Å². The van der Waals surface area contributed by atoms with Gasteiger partial charge >= 0.3 is 0 Å². The molecule has 0 unspecified atom stereocenters. The Bertz CT molecular complexity index is 863. The van der Waals surface area contributed by atoms with E-state index in [2.05, 4.69) is 5.32 Å². The van der Waals surface area contributed by atoms with Gasteiger partial charge in [0, 0.05) is 22.8 Å². The van der Waals surface area contributed by atoms with Gasteiger partial charge in [-0.15, -0.1) is 0 Å². The second-order valence-corrected chi connectivity index (χ2v) is 7.73. The lowest BCUT2D eigenvalue weighted by atomic mass is 10.1. The first kappa shape index (κ1) is 15.8. The van der Waals surface area contributed by atoms with E-state index >= 15 is 0 Å². The molecule has 0 fully saturated rings. The minimum Gasteiger partial charge on any atom is -0.322 e. The fraction of sp³-hybridized carbons (Fsp3) is 0.188. The van der Waals surface area contributed by atoms with E-state index in [0.717, 1.165) is 5.56 Å². The summed E-state index contributed by atoms with van der Waals surface area (Å²) in [7, 11) is -3.34. The number of hydrogen-bond acceptors (Lipinski definition) is 3. The number of amides is 1. The van der Waals surface area contributed by atoms with Gasteiger partial charge in [-0.3, -0.25) is 9.10 Å². The number of sulfonamides is 1. The molecule has 1 aliphatic heterocycles. The van der Waals surface area contributed by atoms with Gasteiger partial charge in [-0.1, -0.05) is 17.7 Å². The van der Waals surface area contributed by atoms with Crippen molar-refractivity contribution in [3.05, 3.63) is 58.6 Å². The van der Waals surface area contributed by atoms with E-state index in [1.165, 1.54) is 10.6 Å². The van der Waals surface area contributed by atoms with Gasteiger partial charge < -0.3 is 5.32 Å². The average Bonchev–Trinajstić information content (AvgIpc) is 2.92. The molecule has 0 saturated carbocycles. The molecule has 2 aromatic rings. The summed E-state index contributed by atoms with van der Waals surface area (Å²) in [5, 5.41) is 3.35. The number of nitrogens with zero attached hydrogens (tertiary/aromatic N) is 1. The molecule has 1 aliphatic rings. The molecule has 0 saturated heterocycles. The summed E-state index contributed by atoms with van der Waals surface area (Å²) in [6.07, 6.45) is 1.82. The van der Waals surface area contributed by atoms with Crippen LogP contribution in [0.25, 0.3) is 0 Å². The van der Waals surface area contributed by atoms with Crippen molar-refractivity contribution in [2.24, 2.45) is 0 Å². The summed E-state index contributed by atoms with van der Waals surface area (Å²) in [6, 6.07) is 11.9. The standard InChI is InChI=1S/C16H15ClN2O3S/c1-23(21,22)19-9-8-11-2-3-12(10-15(11)19)16(20)18-14-6-4-13(17)5-7-14/h2-7,10H,8-9H2,1H3,(H,18,20). The van der Waals surface area contributed by atoms with Crippen molar-refractivity contribution >= 4 is 38.9 Å². The lowest BCUT2D eigenvalue weighted by Crippen LogP contribution is -2.27. The van der Waals surface area contributed by atoms with E-state index in [0.29, 0.717) is 34.9 Å². The largest absolute Gasteiger partial charge is 0.322 e. The Hall–Kier alpha value is -2.05. The minimum atomic E-state index is -3.34. The predicted octanol–water partition coefficient (Wildman–Crippen LogP) is 2.91. The van der Waals surface area contributed by atoms with Gasteiger partial charge in [-0.2, -0.15) is 0 Å². The smallest absolute Gasteiger partial charge is 0.255 e. The SMILES string of the molecule is CS(=O)(=O)N1CCc2ccc(C(=O)Nc3ccc(Cl)cc3)cc21. The highest BCUT2D eigenvalue weighted by Gasteiger charge is 2.26. The van der Waals surface area contributed by atoms with Crippen LogP contribution < -0.4 is 9.62 Å². The van der Waals surface area contributed by atoms with Gasteiger partial charge in [0.15, 0.2) is 0 Å². The molecule has 7 heteroatoms. The Labute approximate surface area is 139 Å². The number of hydrogen-bond donors (Lipinski definition) is 1. The van der Waals surface area contributed by atoms with Crippen LogP contribution in [0, 0.1) is 0 Å². The number of benzene rings is 2. The summed E-state index contributed by atoms with van der Waals surface area (Å²) in [5.74, 6) is -0.296. The summed E-state index contributed by atoms with van der Waals surface area (Å²) >= 11 is 5.81. The molecule has 0 spiro atoms. The third kappa shape index (κ3) is 3.33. The van der Waals surface area contributed by atoms with Gasteiger partial charge in [0.05, 0.1) is 11.9 Å². The molecule has 0 atom stereocenters. The predicted molar refractivity (Wildman–Crippen MR) is 91.7 cm³/mol. The number of fused-ring (bicyclic) bond motifs is 1. The summed E-state index contributed by atoms with van der Waals surface area (Å²) in [4.78, 5) is 12.3. The Balaban J connectivity index is 1.87. The van der Waals surface area contributed by atoms with Crippen LogP contribution in [0.2, 0.25) is 5.02 Å². The molecular formula is C16H15ClN2O3S. The molecule has 1 amide bonds. The van der Waals surface area contributed by atoms with E-state index in [4.69, 9.17) is 11.6 Å². The fourth-order valence-corrected chi connectivity index (χ4v) is 3.65. The minimum absolute atomic E-state index is 0.296. The zero-order valence-electron chi connectivity index (χ0n) is 12.4. The van der Waals surface area contributed by atoms with E-state index in [-0.39, 0.29) is 5.91 Å². The molecule has 0 bridgehead atoms. The van der Waals surface area contributed by atoms with Gasteiger partial charge in [0.1, 0.15) is 0 Å². The van der Waals surface area contributed by atoms with Crippen LogP contribution in [0.3, 0.4) is 0 Å². The molecule has 120 valence electrons. The molecular weight excluding hydrogens is 336 g/mol. The first-order valence-corrected chi connectivity index (χ1v) is 9.25. The Kier molecular flexibility index (Phi) is 4.04. The van der Waals surface area contributed by atoms with E-state index < -0.39 is 10.0 Å². The van der Waals surface area contributed by atoms with Gasteiger partial charge in [-0.05, 0) is 48.4 Å². The first-order chi connectivity index (χ1) is 10.8. The molecule has 1 heterocycles. The van der Waals surface area contributed by atoms with Crippen LogP contribution in [0.4, 0.5) is 11.4 Å². The lowest BCUT2D eigenvalue weighted by molar-refractivity contribution is 0.102. The van der Waals surface area contributed by atoms with Crippen molar-refractivity contribution in [3.8, 4) is 0 Å². The molecule has 0 radical (unpaired) electrons. The lowest BCUT2D eigenvalue weighted by Gasteiger charge is -2.17. The van der Waals surface area contributed by atoms with Crippen LogP contribution in [0.1, 0.15) is 15.9 Å². The number of nitrogens with one attached hydrogen (secondary N) is 1.